The van der Waals surface area contributed by atoms with E-state index >= 15 is 0 Å². The standard InChI is InChI=1S/C18H27N3O.ClH/c1-14(20-11-6-9-16(13-20)19-2)18(22)21-12-5-8-15-7-3-4-10-17(15)21;/h3-4,7,10,14,16,19H,5-6,8-9,11-13H2,1-2H3;1H. The normalized spacial score (nSPS) is 22.9. The number of carbonyl (C=O) groups is 1. The molecule has 1 amide bonds. The van der Waals surface area contributed by atoms with Crippen molar-refractivity contribution in [2.75, 3.05) is 31.6 Å². The van der Waals surface area contributed by atoms with Crippen LogP contribution in [0.3, 0.4) is 0 Å². The molecule has 2 atom stereocenters. The van der Waals surface area contributed by atoms with Crippen molar-refractivity contribution in [1.29, 1.82) is 0 Å². The van der Waals surface area contributed by atoms with Crippen LogP contribution in [0.1, 0.15) is 31.7 Å². The van der Waals surface area contributed by atoms with Gasteiger partial charge < -0.3 is 10.2 Å². The minimum atomic E-state index is -0.0395. The van der Waals surface area contributed by atoms with Gasteiger partial charge >= 0.3 is 0 Å². The summed E-state index contributed by atoms with van der Waals surface area (Å²) in [6.07, 6.45) is 4.52. The third-order valence-electron chi connectivity index (χ3n) is 5.14. The number of piperidine rings is 1. The van der Waals surface area contributed by atoms with Crippen molar-refractivity contribution in [3.8, 4) is 0 Å². The van der Waals surface area contributed by atoms with E-state index in [1.165, 1.54) is 18.4 Å². The lowest BCUT2D eigenvalue weighted by Crippen LogP contribution is -2.54. The molecule has 1 N–H and O–H groups in total. The summed E-state index contributed by atoms with van der Waals surface area (Å²) in [7, 11) is 2.02. The van der Waals surface area contributed by atoms with Crippen LogP contribution in [0, 0.1) is 0 Å². The highest BCUT2D eigenvalue weighted by Gasteiger charge is 2.31. The average molecular weight is 338 g/mol. The third kappa shape index (κ3) is 3.87. The van der Waals surface area contributed by atoms with Gasteiger partial charge in [-0.1, -0.05) is 18.2 Å². The quantitative estimate of drug-likeness (QED) is 0.920. The molecular formula is C18H28ClN3O. The zero-order valence-corrected chi connectivity index (χ0v) is 14.9. The van der Waals surface area contributed by atoms with E-state index in [0.717, 1.165) is 38.2 Å². The van der Waals surface area contributed by atoms with Crippen LogP contribution < -0.4 is 10.2 Å². The Kier molecular flexibility index (Phi) is 6.45. The Hall–Kier alpha value is -1.10. The fourth-order valence-electron chi connectivity index (χ4n) is 3.74. The summed E-state index contributed by atoms with van der Waals surface area (Å²) in [5, 5.41) is 3.36. The first-order chi connectivity index (χ1) is 10.7. The van der Waals surface area contributed by atoms with Crippen LogP contribution in [-0.4, -0.2) is 49.6 Å². The number of likely N-dealkylation sites (N-methyl/N-ethyl adjacent to an activating group) is 1. The fourth-order valence-corrected chi connectivity index (χ4v) is 3.74. The molecule has 1 fully saturated rings. The molecule has 0 bridgehead atoms. The first-order valence-corrected chi connectivity index (χ1v) is 8.51. The molecule has 1 saturated heterocycles. The highest BCUT2D eigenvalue weighted by molar-refractivity contribution is 5.98. The molecule has 1 aromatic carbocycles. The van der Waals surface area contributed by atoms with Gasteiger partial charge in [-0.2, -0.15) is 0 Å². The second-order valence-corrected chi connectivity index (χ2v) is 6.52. The number of rotatable bonds is 3. The number of hydrogen-bond donors (Lipinski definition) is 1. The number of nitrogens with one attached hydrogen (secondary N) is 1. The first-order valence-electron chi connectivity index (χ1n) is 8.51. The number of carbonyl (C=O) groups excluding carboxylic acids is 1. The van der Waals surface area contributed by atoms with E-state index in [0.29, 0.717) is 6.04 Å². The van der Waals surface area contributed by atoms with Crippen molar-refractivity contribution < 1.29 is 4.79 Å². The molecule has 4 nitrogen and oxygen atoms in total. The highest BCUT2D eigenvalue weighted by atomic mass is 35.5. The Bertz CT molecular complexity index is 537. The summed E-state index contributed by atoms with van der Waals surface area (Å²) in [5.41, 5.74) is 2.42. The summed E-state index contributed by atoms with van der Waals surface area (Å²) >= 11 is 0. The molecule has 0 aliphatic carbocycles. The zero-order valence-electron chi connectivity index (χ0n) is 14.1. The summed E-state index contributed by atoms with van der Waals surface area (Å²) in [6.45, 7) is 4.92. The van der Waals surface area contributed by atoms with E-state index in [1.54, 1.807) is 0 Å². The molecular weight excluding hydrogens is 310 g/mol. The second-order valence-electron chi connectivity index (χ2n) is 6.52. The maximum absolute atomic E-state index is 13.0. The number of likely N-dealkylation sites (tertiary alicyclic amines) is 1. The zero-order chi connectivity index (χ0) is 15.5. The first kappa shape index (κ1) is 18.2. The number of amides is 1. The van der Waals surface area contributed by atoms with Gasteiger partial charge in [0.25, 0.3) is 0 Å². The Morgan fingerprint density at radius 2 is 2.04 bits per heavy atom. The number of fused-ring (bicyclic) bond motifs is 1. The minimum Gasteiger partial charge on any atom is -0.316 e. The summed E-state index contributed by atoms with van der Waals surface area (Å²) < 4.78 is 0. The lowest BCUT2D eigenvalue weighted by atomic mass is 10.00. The molecule has 2 aliphatic rings. The summed E-state index contributed by atoms with van der Waals surface area (Å²) in [6, 6.07) is 8.81. The third-order valence-corrected chi connectivity index (χ3v) is 5.14. The van der Waals surface area contributed by atoms with Crippen LogP contribution in [0.2, 0.25) is 0 Å². The van der Waals surface area contributed by atoms with Gasteiger partial charge in [0.15, 0.2) is 0 Å². The average Bonchev–Trinajstić information content (AvgIpc) is 2.60. The highest BCUT2D eigenvalue weighted by Crippen LogP contribution is 2.28. The maximum Gasteiger partial charge on any atom is 0.244 e. The fraction of sp³-hybridized carbons (Fsp3) is 0.611. The number of anilines is 1. The minimum absolute atomic E-state index is 0. The Morgan fingerprint density at radius 3 is 2.83 bits per heavy atom. The van der Waals surface area contributed by atoms with Crippen LogP contribution in [0.15, 0.2) is 24.3 Å². The predicted molar refractivity (Wildman–Crippen MR) is 97.5 cm³/mol. The van der Waals surface area contributed by atoms with Gasteiger partial charge in [-0.25, -0.2) is 0 Å². The van der Waals surface area contributed by atoms with Gasteiger partial charge in [0.05, 0.1) is 6.04 Å². The molecule has 2 heterocycles. The molecule has 2 aliphatic heterocycles. The number of nitrogens with zero attached hydrogens (tertiary/aromatic N) is 2. The molecule has 0 spiro atoms. The smallest absolute Gasteiger partial charge is 0.244 e. The summed E-state index contributed by atoms with van der Waals surface area (Å²) in [5.74, 6) is 0.254. The molecule has 5 heteroatoms. The van der Waals surface area contributed by atoms with Crippen molar-refractivity contribution in [1.82, 2.24) is 10.2 Å². The number of aryl methyl sites for hydroxylation is 1. The second kappa shape index (κ2) is 8.13. The predicted octanol–water partition coefficient (Wildman–Crippen LogP) is 2.46. The van der Waals surface area contributed by atoms with Gasteiger partial charge in [0.1, 0.15) is 0 Å². The Balaban J connectivity index is 0.00000192. The lowest BCUT2D eigenvalue weighted by molar-refractivity contribution is -0.123. The van der Waals surface area contributed by atoms with Crippen molar-refractivity contribution in [3.05, 3.63) is 29.8 Å². The van der Waals surface area contributed by atoms with Gasteiger partial charge in [-0.3, -0.25) is 9.69 Å². The Labute approximate surface area is 145 Å². The molecule has 0 aromatic heterocycles. The molecule has 2 unspecified atom stereocenters. The van der Waals surface area contributed by atoms with E-state index in [2.05, 4.69) is 35.3 Å². The number of halogens is 1. The maximum atomic E-state index is 13.0. The molecule has 128 valence electrons. The van der Waals surface area contributed by atoms with Gasteiger partial charge in [-0.05, 0) is 57.8 Å². The largest absolute Gasteiger partial charge is 0.316 e. The molecule has 0 radical (unpaired) electrons. The van der Waals surface area contributed by atoms with Crippen LogP contribution in [0.25, 0.3) is 0 Å². The monoisotopic (exact) mass is 337 g/mol. The Morgan fingerprint density at radius 1 is 1.26 bits per heavy atom. The van der Waals surface area contributed by atoms with Crippen molar-refractivity contribution in [2.45, 2.75) is 44.7 Å². The van der Waals surface area contributed by atoms with E-state index in [9.17, 15) is 4.79 Å². The van der Waals surface area contributed by atoms with Crippen LogP contribution in [-0.2, 0) is 11.2 Å². The van der Waals surface area contributed by atoms with E-state index < -0.39 is 0 Å². The molecule has 23 heavy (non-hydrogen) atoms. The van der Waals surface area contributed by atoms with Gasteiger partial charge in [-0.15, -0.1) is 12.4 Å². The number of para-hydroxylation sites is 1. The van der Waals surface area contributed by atoms with Crippen molar-refractivity contribution in [3.63, 3.8) is 0 Å². The van der Waals surface area contributed by atoms with E-state index in [-0.39, 0.29) is 24.4 Å². The lowest BCUT2D eigenvalue weighted by Gasteiger charge is -2.39. The van der Waals surface area contributed by atoms with Crippen molar-refractivity contribution >= 4 is 24.0 Å². The molecule has 3 rings (SSSR count). The van der Waals surface area contributed by atoms with Gasteiger partial charge in [0, 0.05) is 24.8 Å². The SMILES string of the molecule is CNC1CCCN(C(C)C(=O)N2CCCc3ccccc32)C1.Cl. The molecule has 0 saturated carbocycles. The van der Waals surface area contributed by atoms with Crippen LogP contribution >= 0.6 is 12.4 Å². The van der Waals surface area contributed by atoms with Crippen LogP contribution in [0.4, 0.5) is 5.69 Å². The van der Waals surface area contributed by atoms with Crippen molar-refractivity contribution in [2.24, 2.45) is 0 Å². The van der Waals surface area contributed by atoms with E-state index in [4.69, 9.17) is 0 Å². The van der Waals surface area contributed by atoms with Crippen LogP contribution in [0.5, 0.6) is 0 Å². The number of hydrogen-bond acceptors (Lipinski definition) is 3. The van der Waals surface area contributed by atoms with Gasteiger partial charge in [0.2, 0.25) is 5.91 Å². The topological polar surface area (TPSA) is 35.6 Å². The molecule has 1 aromatic rings. The number of benzene rings is 1. The van der Waals surface area contributed by atoms with E-state index in [1.807, 2.05) is 18.0 Å². The summed E-state index contributed by atoms with van der Waals surface area (Å²) in [4.78, 5) is 17.4.